The lowest BCUT2D eigenvalue weighted by molar-refractivity contribution is -0.113. The highest BCUT2D eigenvalue weighted by molar-refractivity contribution is 7.99. The number of nitrogens with zero attached hydrogens (tertiary/aromatic N) is 3. The molecule has 2 aromatic carbocycles. The van der Waals surface area contributed by atoms with Crippen molar-refractivity contribution in [1.29, 1.82) is 0 Å². The fourth-order valence-electron chi connectivity index (χ4n) is 3.35. The van der Waals surface area contributed by atoms with Crippen molar-refractivity contribution in [2.24, 2.45) is 0 Å². The highest BCUT2D eigenvalue weighted by Gasteiger charge is 2.19. The molecule has 0 radical (unpaired) electrons. The first-order valence-corrected chi connectivity index (χ1v) is 11.9. The average Bonchev–Trinajstić information content (AvgIpc) is 3.26. The molecule has 0 bridgehead atoms. The van der Waals surface area contributed by atoms with Crippen LogP contribution in [0, 0.1) is 6.92 Å². The molecular weight excluding hydrogens is 476 g/mol. The largest absolute Gasteiger partial charge is 0.495 e. The van der Waals surface area contributed by atoms with Crippen LogP contribution in [0.15, 0.2) is 56.9 Å². The molecule has 0 saturated heterocycles. The summed E-state index contributed by atoms with van der Waals surface area (Å²) in [6, 6.07) is 12.1. The number of amides is 1. The number of fused-ring (bicyclic) bond motifs is 1. The van der Waals surface area contributed by atoms with Gasteiger partial charge in [-0.3, -0.25) is 19.5 Å². The van der Waals surface area contributed by atoms with Gasteiger partial charge in [-0.15, -0.1) is 0 Å². The van der Waals surface area contributed by atoms with Crippen LogP contribution in [0.4, 0.5) is 5.88 Å². The highest BCUT2D eigenvalue weighted by atomic mass is 35.5. The first-order chi connectivity index (χ1) is 16.3. The summed E-state index contributed by atoms with van der Waals surface area (Å²) in [4.78, 5) is 30.8. The van der Waals surface area contributed by atoms with E-state index in [1.807, 2.05) is 32.9 Å². The summed E-state index contributed by atoms with van der Waals surface area (Å²) in [5.74, 6) is 0.628. The number of hydrogen-bond acceptors (Lipinski definition) is 7. The van der Waals surface area contributed by atoms with Gasteiger partial charge in [-0.2, -0.15) is 0 Å². The molecule has 4 aromatic rings. The van der Waals surface area contributed by atoms with Crippen molar-refractivity contribution in [2.75, 3.05) is 18.2 Å². The van der Waals surface area contributed by atoms with E-state index in [9.17, 15) is 9.59 Å². The summed E-state index contributed by atoms with van der Waals surface area (Å²) >= 11 is 7.26. The summed E-state index contributed by atoms with van der Waals surface area (Å²) in [5, 5.41) is 7.83. The van der Waals surface area contributed by atoms with Crippen LogP contribution in [0.1, 0.15) is 31.0 Å². The number of methoxy groups -OCH3 is 1. The molecule has 0 atom stereocenters. The molecule has 10 heteroatoms. The Kier molecular flexibility index (Phi) is 6.95. The minimum atomic E-state index is -0.320. The summed E-state index contributed by atoms with van der Waals surface area (Å²) < 4.78 is 12.2. The highest BCUT2D eigenvalue weighted by Crippen LogP contribution is 2.29. The van der Waals surface area contributed by atoms with Gasteiger partial charge in [-0.05, 0) is 48.7 Å². The summed E-state index contributed by atoms with van der Waals surface area (Å²) in [5.41, 5.74) is 2.39. The number of nitrogens with one attached hydrogen (secondary N) is 1. The van der Waals surface area contributed by atoms with Gasteiger partial charge in [0.1, 0.15) is 5.75 Å². The van der Waals surface area contributed by atoms with Crippen molar-refractivity contribution in [3.8, 4) is 11.4 Å². The Balaban J connectivity index is 1.72. The molecule has 34 heavy (non-hydrogen) atoms. The second kappa shape index (κ2) is 9.90. The molecule has 1 amide bonds. The Hall–Kier alpha value is -3.30. The number of anilines is 1. The first-order valence-electron chi connectivity index (χ1n) is 10.5. The summed E-state index contributed by atoms with van der Waals surface area (Å²) in [6.07, 6.45) is 0. The monoisotopic (exact) mass is 498 g/mol. The molecule has 2 aromatic heterocycles. The van der Waals surface area contributed by atoms with Crippen molar-refractivity contribution in [3.05, 3.63) is 69.1 Å². The molecule has 0 saturated carbocycles. The Morgan fingerprint density at radius 2 is 2.03 bits per heavy atom. The third kappa shape index (κ3) is 4.95. The quantitative estimate of drug-likeness (QED) is 0.276. The molecule has 4 rings (SSSR count). The van der Waals surface area contributed by atoms with Crippen LogP contribution in [-0.4, -0.2) is 33.5 Å². The predicted molar refractivity (Wildman–Crippen MR) is 134 cm³/mol. The number of rotatable bonds is 7. The number of halogens is 1. The first kappa shape index (κ1) is 23.8. The second-order valence-electron chi connectivity index (χ2n) is 7.98. The van der Waals surface area contributed by atoms with Crippen molar-refractivity contribution in [2.45, 2.75) is 31.8 Å². The van der Waals surface area contributed by atoms with Crippen LogP contribution in [0.5, 0.6) is 5.75 Å². The Morgan fingerprint density at radius 3 is 2.74 bits per heavy atom. The standard InChI is InChI=1S/C24H23ClN4O4S/c1-13(2)17-11-22(33-28-17)27-21(30)12-34-24-26-18-10-15(25)6-7-16(18)23(31)29(24)19-9-14(3)5-8-20(19)32-4/h5-11,13H,12H2,1-4H3,(H,27,30). The molecule has 0 aliphatic rings. The second-order valence-corrected chi connectivity index (χ2v) is 9.36. The molecule has 8 nitrogen and oxygen atoms in total. The van der Waals surface area contributed by atoms with Gasteiger partial charge in [0.05, 0.1) is 35.1 Å². The molecule has 1 N–H and O–H groups in total. The summed E-state index contributed by atoms with van der Waals surface area (Å²) in [7, 11) is 1.54. The zero-order chi connectivity index (χ0) is 24.4. The van der Waals surface area contributed by atoms with Gasteiger partial charge in [-0.25, -0.2) is 4.98 Å². The Bertz CT molecular complexity index is 1430. The average molecular weight is 499 g/mol. The maximum atomic E-state index is 13.5. The van der Waals surface area contributed by atoms with Gasteiger partial charge in [0, 0.05) is 11.1 Å². The Labute approximate surface area is 205 Å². The van der Waals surface area contributed by atoms with Crippen LogP contribution in [0.2, 0.25) is 5.02 Å². The van der Waals surface area contributed by atoms with Gasteiger partial charge in [0.25, 0.3) is 5.56 Å². The maximum absolute atomic E-state index is 13.5. The fraction of sp³-hybridized carbons (Fsp3) is 0.250. The van der Waals surface area contributed by atoms with Crippen LogP contribution in [0.25, 0.3) is 16.6 Å². The van der Waals surface area contributed by atoms with E-state index in [-0.39, 0.29) is 29.0 Å². The van der Waals surface area contributed by atoms with E-state index in [4.69, 9.17) is 20.9 Å². The number of hydrogen-bond donors (Lipinski definition) is 1. The minimum Gasteiger partial charge on any atom is -0.495 e. The van der Waals surface area contributed by atoms with Crippen molar-refractivity contribution in [1.82, 2.24) is 14.7 Å². The number of benzene rings is 2. The van der Waals surface area contributed by atoms with Crippen LogP contribution >= 0.6 is 23.4 Å². The lowest BCUT2D eigenvalue weighted by Crippen LogP contribution is -2.23. The zero-order valence-electron chi connectivity index (χ0n) is 19.1. The fourth-order valence-corrected chi connectivity index (χ4v) is 4.32. The normalized spacial score (nSPS) is 11.2. The number of carbonyl (C=O) groups is 1. The van der Waals surface area contributed by atoms with Gasteiger partial charge in [0.15, 0.2) is 5.16 Å². The Morgan fingerprint density at radius 1 is 1.24 bits per heavy atom. The molecule has 0 spiro atoms. The van der Waals surface area contributed by atoms with Crippen molar-refractivity contribution in [3.63, 3.8) is 0 Å². The molecule has 0 aliphatic heterocycles. The van der Waals surface area contributed by atoms with Crippen molar-refractivity contribution < 1.29 is 14.1 Å². The number of aromatic nitrogens is 3. The van der Waals surface area contributed by atoms with E-state index in [1.165, 1.54) is 11.7 Å². The molecular formula is C24H23ClN4O4S. The minimum absolute atomic E-state index is 0.00957. The van der Waals surface area contributed by atoms with E-state index in [2.05, 4.69) is 15.5 Å². The van der Waals surface area contributed by atoms with Crippen molar-refractivity contribution >= 4 is 46.1 Å². The van der Waals surface area contributed by atoms with E-state index >= 15 is 0 Å². The predicted octanol–water partition coefficient (Wildman–Crippen LogP) is 5.20. The SMILES string of the molecule is COc1ccc(C)cc1-n1c(SCC(=O)Nc2cc(C(C)C)no2)nc2cc(Cl)ccc2c1=O. The van der Waals surface area contributed by atoms with Gasteiger partial charge in [0.2, 0.25) is 11.8 Å². The van der Waals surface area contributed by atoms with E-state index in [0.29, 0.717) is 32.5 Å². The molecule has 176 valence electrons. The van der Waals surface area contributed by atoms with Crippen LogP contribution < -0.4 is 15.6 Å². The number of carbonyl (C=O) groups excluding carboxylic acids is 1. The van der Waals surface area contributed by atoms with Gasteiger partial charge in [-0.1, -0.05) is 48.4 Å². The topological polar surface area (TPSA) is 99.2 Å². The number of thioether (sulfide) groups is 1. The van der Waals surface area contributed by atoms with Crippen LogP contribution in [-0.2, 0) is 4.79 Å². The smallest absolute Gasteiger partial charge is 0.266 e. The van der Waals surface area contributed by atoms with E-state index in [1.54, 1.807) is 30.3 Å². The number of aryl methyl sites for hydroxylation is 1. The van der Waals surface area contributed by atoms with E-state index < -0.39 is 0 Å². The van der Waals surface area contributed by atoms with Crippen LogP contribution in [0.3, 0.4) is 0 Å². The van der Waals surface area contributed by atoms with E-state index in [0.717, 1.165) is 23.0 Å². The summed E-state index contributed by atoms with van der Waals surface area (Å²) in [6.45, 7) is 5.89. The lowest BCUT2D eigenvalue weighted by Gasteiger charge is -2.16. The maximum Gasteiger partial charge on any atom is 0.266 e. The zero-order valence-corrected chi connectivity index (χ0v) is 20.7. The number of ether oxygens (including phenoxy) is 1. The van der Waals surface area contributed by atoms with Gasteiger partial charge < -0.3 is 9.26 Å². The molecule has 2 heterocycles. The molecule has 0 aliphatic carbocycles. The third-order valence-electron chi connectivity index (χ3n) is 5.09. The van der Waals surface area contributed by atoms with Gasteiger partial charge >= 0.3 is 0 Å². The molecule has 0 fully saturated rings. The lowest BCUT2D eigenvalue weighted by atomic mass is 10.1. The third-order valence-corrected chi connectivity index (χ3v) is 6.26. The molecule has 0 unspecified atom stereocenters.